The largest absolute Gasteiger partial charge is 0.396 e. The van der Waals surface area contributed by atoms with E-state index in [9.17, 15) is 0 Å². The molecule has 0 spiro atoms. The first-order chi connectivity index (χ1) is 9.70. The lowest BCUT2D eigenvalue weighted by Gasteiger charge is -2.33. The Morgan fingerprint density at radius 1 is 1.10 bits per heavy atom. The van der Waals surface area contributed by atoms with Crippen molar-refractivity contribution in [2.45, 2.75) is 64.0 Å². The number of benzene rings is 1. The van der Waals surface area contributed by atoms with E-state index in [1.54, 1.807) is 0 Å². The second-order valence-corrected chi connectivity index (χ2v) is 6.49. The lowest BCUT2D eigenvalue weighted by molar-refractivity contribution is 0.219. The second kappa shape index (κ2) is 7.80. The van der Waals surface area contributed by atoms with Crippen molar-refractivity contribution in [3.05, 3.63) is 35.9 Å². The van der Waals surface area contributed by atoms with E-state index in [-0.39, 0.29) is 6.61 Å². The third-order valence-electron chi connectivity index (χ3n) is 4.69. The average molecular weight is 275 g/mol. The van der Waals surface area contributed by atoms with Crippen molar-refractivity contribution in [1.82, 2.24) is 5.32 Å². The molecule has 0 bridgehead atoms. The van der Waals surface area contributed by atoms with Gasteiger partial charge < -0.3 is 10.4 Å². The molecule has 2 N–H and O–H groups in total. The van der Waals surface area contributed by atoms with Crippen molar-refractivity contribution in [2.24, 2.45) is 5.92 Å². The summed E-state index contributed by atoms with van der Waals surface area (Å²) in [4.78, 5) is 0. The van der Waals surface area contributed by atoms with Crippen LogP contribution in [-0.4, -0.2) is 23.8 Å². The Balaban J connectivity index is 1.82. The zero-order valence-corrected chi connectivity index (χ0v) is 12.9. The van der Waals surface area contributed by atoms with Crippen molar-refractivity contribution >= 4 is 0 Å². The van der Waals surface area contributed by atoms with Crippen LogP contribution in [0, 0.1) is 5.92 Å². The standard InChI is InChI=1S/C18H29NO/c1-14(2)18(12-13-20)19-17-10-8-16(9-11-17)15-6-4-3-5-7-15/h3-7,14,16-20H,8-13H2,1-2H3. The summed E-state index contributed by atoms with van der Waals surface area (Å²) >= 11 is 0. The molecule has 2 nitrogen and oxygen atoms in total. The van der Waals surface area contributed by atoms with E-state index in [0.29, 0.717) is 18.0 Å². The first kappa shape index (κ1) is 15.5. The molecular weight excluding hydrogens is 246 g/mol. The molecule has 0 saturated heterocycles. The van der Waals surface area contributed by atoms with Gasteiger partial charge in [0.2, 0.25) is 0 Å². The first-order valence-electron chi connectivity index (χ1n) is 8.12. The molecule has 1 saturated carbocycles. The van der Waals surface area contributed by atoms with E-state index in [0.717, 1.165) is 12.3 Å². The van der Waals surface area contributed by atoms with Gasteiger partial charge in [0.05, 0.1) is 0 Å². The highest BCUT2D eigenvalue weighted by Gasteiger charge is 2.24. The number of hydrogen-bond acceptors (Lipinski definition) is 2. The van der Waals surface area contributed by atoms with Gasteiger partial charge in [-0.15, -0.1) is 0 Å². The zero-order valence-electron chi connectivity index (χ0n) is 12.9. The van der Waals surface area contributed by atoms with Crippen molar-refractivity contribution in [3.8, 4) is 0 Å². The van der Waals surface area contributed by atoms with Crippen LogP contribution in [0.15, 0.2) is 30.3 Å². The van der Waals surface area contributed by atoms with Crippen LogP contribution in [0.5, 0.6) is 0 Å². The SMILES string of the molecule is CC(C)C(CCO)NC1CCC(c2ccccc2)CC1. The topological polar surface area (TPSA) is 32.3 Å². The van der Waals surface area contributed by atoms with Gasteiger partial charge in [-0.3, -0.25) is 0 Å². The molecule has 0 radical (unpaired) electrons. The molecule has 1 aromatic carbocycles. The van der Waals surface area contributed by atoms with Gasteiger partial charge in [-0.25, -0.2) is 0 Å². The minimum Gasteiger partial charge on any atom is -0.396 e. The van der Waals surface area contributed by atoms with Gasteiger partial charge in [-0.1, -0.05) is 44.2 Å². The van der Waals surface area contributed by atoms with Crippen LogP contribution < -0.4 is 5.32 Å². The third-order valence-corrected chi connectivity index (χ3v) is 4.69. The van der Waals surface area contributed by atoms with Crippen molar-refractivity contribution < 1.29 is 5.11 Å². The Morgan fingerprint density at radius 3 is 2.30 bits per heavy atom. The average Bonchev–Trinajstić information content (AvgIpc) is 2.48. The summed E-state index contributed by atoms with van der Waals surface area (Å²) < 4.78 is 0. The normalized spacial score (nSPS) is 24.8. The maximum Gasteiger partial charge on any atom is 0.0445 e. The molecule has 2 heteroatoms. The summed E-state index contributed by atoms with van der Waals surface area (Å²) in [6.07, 6.45) is 5.95. The molecule has 1 unspecified atom stereocenters. The molecule has 112 valence electrons. The predicted octanol–water partition coefficient (Wildman–Crippen LogP) is 3.71. The lowest BCUT2D eigenvalue weighted by atomic mass is 9.81. The monoisotopic (exact) mass is 275 g/mol. The number of aliphatic hydroxyl groups excluding tert-OH is 1. The molecule has 0 heterocycles. The minimum atomic E-state index is 0.287. The van der Waals surface area contributed by atoms with Crippen LogP contribution in [-0.2, 0) is 0 Å². The van der Waals surface area contributed by atoms with Gasteiger partial charge in [-0.05, 0) is 49.5 Å². The Kier molecular flexibility index (Phi) is 6.06. The summed E-state index contributed by atoms with van der Waals surface area (Å²) in [6, 6.07) is 12.0. The molecular formula is C18H29NO. The smallest absolute Gasteiger partial charge is 0.0445 e. The minimum absolute atomic E-state index is 0.287. The second-order valence-electron chi connectivity index (χ2n) is 6.49. The molecule has 0 aliphatic heterocycles. The van der Waals surface area contributed by atoms with E-state index < -0.39 is 0 Å². The molecule has 0 aromatic heterocycles. The molecule has 1 aliphatic rings. The van der Waals surface area contributed by atoms with Gasteiger partial charge in [-0.2, -0.15) is 0 Å². The van der Waals surface area contributed by atoms with Gasteiger partial charge in [0.1, 0.15) is 0 Å². The van der Waals surface area contributed by atoms with Crippen molar-refractivity contribution in [3.63, 3.8) is 0 Å². The maximum atomic E-state index is 9.17. The van der Waals surface area contributed by atoms with E-state index in [4.69, 9.17) is 5.11 Å². The lowest BCUT2D eigenvalue weighted by Crippen LogP contribution is -2.43. The summed E-state index contributed by atoms with van der Waals surface area (Å²) in [5.74, 6) is 1.33. The third kappa shape index (κ3) is 4.32. The fourth-order valence-corrected chi connectivity index (χ4v) is 3.37. The van der Waals surface area contributed by atoms with Crippen LogP contribution in [0.3, 0.4) is 0 Å². The Labute approximate surface area is 123 Å². The summed E-state index contributed by atoms with van der Waals surface area (Å²) in [7, 11) is 0. The predicted molar refractivity (Wildman–Crippen MR) is 84.9 cm³/mol. The summed E-state index contributed by atoms with van der Waals surface area (Å²) in [6.45, 7) is 4.76. The molecule has 1 fully saturated rings. The highest BCUT2D eigenvalue weighted by Crippen LogP contribution is 2.33. The first-order valence-corrected chi connectivity index (χ1v) is 8.12. The molecule has 2 rings (SSSR count). The van der Waals surface area contributed by atoms with Crippen molar-refractivity contribution in [2.75, 3.05) is 6.61 Å². The molecule has 0 amide bonds. The highest BCUT2D eigenvalue weighted by molar-refractivity contribution is 5.20. The number of rotatable bonds is 6. The van der Waals surface area contributed by atoms with Crippen LogP contribution in [0.4, 0.5) is 0 Å². The van der Waals surface area contributed by atoms with E-state index in [1.807, 2.05) is 0 Å². The van der Waals surface area contributed by atoms with Crippen LogP contribution in [0.25, 0.3) is 0 Å². The quantitative estimate of drug-likeness (QED) is 0.829. The fourth-order valence-electron chi connectivity index (χ4n) is 3.37. The summed E-state index contributed by atoms with van der Waals surface area (Å²) in [5.41, 5.74) is 1.50. The van der Waals surface area contributed by atoms with Gasteiger partial charge in [0.25, 0.3) is 0 Å². The van der Waals surface area contributed by atoms with E-state index in [1.165, 1.54) is 31.2 Å². The van der Waals surface area contributed by atoms with Crippen molar-refractivity contribution in [1.29, 1.82) is 0 Å². The van der Waals surface area contributed by atoms with Gasteiger partial charge in [0.15, 0.2) is 0 Å². The van der Waals surface area contributed by atoms with Gasteiger partial charge in [0, 0.05) is 18.7 Å². The van der Waals surface area contributed by atoms with Crippen LogP contribution >= 0.6 is 0 Å². The van der Waals surface area contributed by atoms with Crippen LogP contribution in [0.2, 0.25) is 0 Å². The number of hydrogen-bond donors (Lipinski definition) is 2. The van der Waals surface area contributed by atoms with E-state index in [2.05, 4.69) is 49.5 Å². The maximum absolute atomic E-state index is 9.17. The summed E-state index contributed by atoms with van der Waals surface area (Å²) in [5, 5.41) is 12.9. The Morgan fingerprint density at radius 2 is 1.75 bits per heavy atom. The van der Waals surface area contributed by atoms with Gasteiger partial charge >= 0.3 is 0 Å². The Hall–Kier alpha value is -0.860. The number of aliphatic hydroxyl groups is 1. The Bertz CT molecular complexity index is 368. The highest BCUT2D eigenvalue weighted by atomic mass is 16.3. The van der Waals surface area contributed by atoms with E-state index >= 15 is 0 Å². The van der Waals surface area contributed by atoms with Crippen LogP contribution in [0.1, 0.15) is 57.4 Å². The molecule has 1 aliphatic carbocycles. The molecule has 1 aromatic rings. The molecule has 20 heavy (non-hydrogen) atoms. The molecule has 1 atom stereocenters. The zero-order chi connectivity index (χ0) is 14.4. The fraction of sp³-hybridized carbons (Fsp3) is 0.667. The number of nitrogens with one attached hydrogen (secondary N) is 1.